The van der Waals surface area contributed by atoms with Crippen LogP contribution in [0.3, 0.4) is 0 Å². The summed E-state index contributed by atoms with van der Waals surface area (Å²) in [5, 5.41) is 3.13. The molecule has 0 aromatic carbocycles. The molecule has 0 aliphatic carbocycles. The molecule has 1 N–H and O–H groups in total. The summed E-state index contributed by atoms with van der Waals surface area (Å²) in [6.45, 7) is 1.75. The summed E-state index contributed by atoms with van der Waals surface area (Å²) < 4.78 is 0. The van der Waals surface area contributed by atoms with Gasteiger partial charge in [0.25, 0.3) is 5.91 Å². The van der Waals surface area contributed by atoms with Gasteiger partial charge in [0.05, 0.1) is 5.69 Å². The van der Waals surface area contributed by atoms with Crippen LogP contribution in [0.1, 0.15) is 28.2 Å². The largest absolute Gasteiger partial charge is 0.344 e. The number of thiazole rings is 1. The number of carbonyl (C=O) groups excluding carboxylic acids is 2. The van der Waals surface area contributed by atoms with Gasteiger partial charge in [0.15, 0.2) is 5.13 Å². The minimum absolute atomic E-state index is 0.105. The lowest BCUT2D eigenvalue weighted by Crippen LogP contribution is -2.21. The Balaban J connectivity index is 2.72. The van der Waals surface area contributed by atoms with Crippen LogP contribution in [0, 0.1) is 6.92 Å². The molecule has 0 aliphatic heterocycles. The van der Waals surface area contributed by atoms with Gasteiger partial charge in [-0.1, -0.05) is 11.3 Å². The average molecular weight is 290 g/mol. The van der Waals surface area contributed by atoms with E-state index < -0.39 is 0 Å². The van der Waals surface area contributed by atoms with Crippen LogP contribution >= 0.6 is 22.9 Å². The van der Waals surface area contributed by atoms with Crippen molar-refractivity contribution in [3.05, 3.63) is 10.6 Å². The topological polar surface area (TPSA) is 62.3 Å². The second-order valence-electron chi connectivity index (χ2n) is 3.97. The Labute approximate surface area is 115 Å². The Hall–Kier alpha value is -1.14. The number of halogens is 1. The number of nitrogens with zero attached hydrogens (tertiary/aromatic N) is 2. The van der Waals surface area contributed by atoms with Crippen molar-refractivity contribution >= 4 is 39.9 Å². The van der Waals surface area contributed by atoms with E-state index >= 15 is 0 Å². The molecule has 0 saturated heterocycles. The highest BCUT2D eigenvalue weighted by molar-refractivity contribution is 7.17. The number of nitrogens with one attached hydrogen (secondary N) is 1. The Kier molecular flexibility index (Phi) is 5.55. The van der Waals surface area contributed by atoms with Gasteiger partial charge in [0.1, 0.15) is 4.88 Å². The van der Waals surface area contributed by atoms with Gasteiger partial charge in [0.2, 0.25) is 5.91 Å². The van der Waals surface area contributed by atoms with Crippen molar-refractivity contribution in [1.29, 1.82) is 0 Å². The first-order chi connectivity index (χ1) is 8.45. The van der Waals surface area contributed by atoms with Crippen LogP contribution in [0.4, 0.5) is 5.13 Å². The number of alkyl halides is 1. The molecule has 0 saturated carbocycles. The summed E-state index contributed by atoms with van der Waals surface area (Å²) in [5.74, 6) is 0.216. The van der Waals surface area contributed by atoms with Gasteiger partial charge in [0, 0.05) is 26.4 Å². The van der Waals surface area contributed by atoms with Crippen molar-refractivity contribution in [2.75, 3.05) is 25.3 Å². The van der Waals surface area contributed by atoms with E-state index in [1.807, 2.05) is 0 Å². The first kappa shape index (κ1) is 14.9. The van der Waals surface area contributed by atoms with Crippen LogP contribution in [-0.2, 0) is 4.79 Å². The monoisotopic (exact) mass is 289 g/mol. The number of rotatable bonds is 5. The fraction of sp³-hybridized carbons (Fsp3) is 0.545. The third-order valence-corrected chi connectivity index (χ3v) is 3.51. The van der Waals surface area contributed by atoms with Crippen molar-refractivity contribution in [3.8, 4) is 0 Å². The molecular weight excluding hydrogens is 274 g/mol. The number of hydrogen-bond donors (Lipinski definition) is 1. The molecule has 100 valence electrons. The number of hydrogen-bond acceptors (Lipinski definition) is 4. The minimum atomic E-state index is -0.131. The second-order valence-corrected chi connectivity index (χ2v) is 5.35. The van der Waals surface area contributed by atoms with Crippen LogP contribution < -0.4 is 5.32 Å². The van der Waals surface area contributed by atoms with Gasteiger partial charge in [-0.15, -0.1) is 11.6 Å². The smallest absolute Gasteiger partial charge is 0.265 e. The predicted molar refractivity (Wildman–Crippen MR) is 73.5 cm³/mol. The fourth-order valence-corrected chi connectivity index (χ4v) is 2.40. The minimum Gasteiger partial charge on any atom is -0.344 e. The van der Waals surface area contributed by atoms with Crippen molar-refractivity contribution in [2.24, 2.45) is 0 Å². The van der Waals surface area contributed by atoms with Gasteiger partial charge in [-0.25, -0.2) is 4.98 Å². The van der Waals surface area contributed by atoms with Crippen molar-refractivity contribution < 1.29 is 9.59 Å². The van der Waals surface area contributed by atoms with E-state index in [1.165, 1.54) is 16.2 Å². The highest BCUT2D eigenvalue weighted by Crippen LogP contribution is 2.23. The summed E-state index contributed by atoms with van der Waals surface area (Å²) in [7, 11) is 3.36. The Bertz CT molecular complexity index is 445. The lowest BCUT2D eigenvalue weighted by molar-refractivity contribution is -0.116. The predicted octanol–water partition coefficient (Wildman–Crippen LogP) is 2.11. The van der Waals surface area contributed by atoms with Crippen LogP contribution in [0.5, 0.6) is 0 Å². The summed E-state index contributed by atoms with van der Waals surface area (Å²) in [6.07, 6.45) is 0.986. The Morgan fingerprint density at radius 3 is 2.67 bits per heavy atom. The van der Waals surface area contributed by atoms with Crippen LogP contribution in [0.2, 0.25) is 0 Å². The number of aryl methyl sites for hydroxylation is 1. The van der Waals surface area contributed by atoms with Crippen LogP contribution in [-0.4, -0.2) is 41.7 Å². The summed E-state index contributed by atoms with van der Waals surface area (Å²) in [4.78, 5) is 29.5. The normalized spacial score (nSPS) is 10.2. The first-order valence-corrected chi connectivity index (χ1v) is 6.85. The maximum absolute atomic E-state index is 11.8. The number of amides is 2. The van der Waals surface area contributed by atoms with Crippen LogP contribution in [0.15, 0.2) is 0 Å². The van der Waals surface area contributed by atoms with E-state index in [2.05, 4.69) is 10.3 Å². The molecule has 0 aliphatic rings. The molecule has 0 bridgehead atoms. The van der Waals surface area contributed by atoms with Crippen molar-refractivity contribution in [3.63, 3.8) is 0 Å². The highest BCUT2D eigenvalue weighted by Gasteiger charge is 2.17. The molecule has 0 radical (unpaired) electrons. The highest BCUT2D eigenvalue weighted by atomic mass is 35.5. The standard InChI is InChI=1S/C11H16ClN3O2S/c1-7-9(10(17)15(2)3)18-11(13-7)14-8(16)5-4-6-12/h4-6H2,1-3H3,(H,13,14,16). The number of aromatic nitrogens is 1. The summed E-state index contributed by atoms with van der Waals surface area (Å²) in [6, 6.07) is 0. The van der Waals surface area contributed by atoms with E-state index in [4.69, 9.17) is 11.6 Å². The number of anilines is 1. The van der Waals surface area contributed by atoms with Crippen molar-refractivity contribution in [2.45, 2.75) is 19.8 Å². The maximum atomic E-state index is 11.8. The van der Waals surface area contributed by atoms with Crippen LogP contribution in [0.25, 0.3) is 0 Å². The lowest BCUT2D eigenvalue weighted by atomic mass is 10.3. The molecule has 1 rings (SSSR count). The molecule has 2 amide bonds. The summed E-state index contributed by atoms with van der Waals surface area (Å²) >= 11 is 6.70. The van der Waals surface area contributed by atoms with Gasteiger partial charge >= 0.3 is 0 Å². The average Bonchev–Trinajstić information content (AvgIpc) is 2.66. The molecule has 1 aromatic rings. The SMILES string of the molecule is Cc1nc(NC(=O)CCCCl)sc1C(=O)N(C)C. The Morgan fingerprint density at radius 2 is 2.11 bits per heavy atom. The molecule has 0 unspecified atom stereocenters. The molecule has 5 nitrogen and oxygen atoms in total. The van der Waals surface area contributed by atoms with E-state index in [9.17, 15) is 9.59 Å². The van der Waals surface area contributed by atoms with Gasteiger partial charge in [-0.2, -0.15) is 0 Å². The van der Waals surface area contributed by atoms with E-state index in [1.54, 1.807) is 21.0 Å². The van der Waals surface area contributed by atoms with Crippen molar-refractivity contribution in [1.82, 2.24) is 9.88 Å². The molecule has 0 fully saturated rings. The lowest BCUT2D eigenvalue weighted by Gasteiger charge is -2.07. The third kappa shape index (κ3) is 3.96. The molecular formula is C11H16ClN3O2S. The molecule has 1 aromatic heterocycles. The number of carbonyl (C=O) groups is 2. The zero-order valence-electron chi connectivity index (χ0n) is 10.6. The van der Waals surface area contributed by atoms with E-state index in [0.717, 1.165) is 0 Å². The van der Waals surface area contributed by atoms with Gasteiger partial charge < -0.3 is 10.2 Å². The molecule has 0 atom stereocenters. The van der Waals surface area contributed by atoms with Gasteiger partial charge in [-0.05, 0) is 13.3 Å². The molecule has 18 heavy (non-hydrogen) atoms. The summed E-state index contributed by atoms with van der Waals surface area (Å²) in [5.41, 5.74) is 0.631. The first-order valence-electron chi connectivity index (χ1n) is 5.50. The Morgan fingerprint density at radius 1 is 1.44 bits per heavy atom. The fourth-order valence-electron chi connectivity index (χ4n) is 1.26. The molecule has 1 heterocycles. The van der Waals surface area contributed by atoms with E-state index in [0.29, 0.717) is 34.4 Å². The zero-order chi connectivity index (χ0) is 13.7. The molecule has 0 spiro atoms. The maximum Gasteiger partial charge on any atom is 0.265 e. The second kappa shape index (κ2) is 6.70. The van der Waals surface area contributed by atoms with E-state index in [-0.39, 0.29) is 11.8 Å². The quantitative estimate of drug-likeness (QED) is 0.845. The molecule has 7 heteroatoms. The zero-order valence-corrected chi connectivity index (χ0v) is 12.2. The third-order valence-electron chi connectivity index (χ3n) is 2.18. The van der Waals surface area contributed by atoms with Gasteiger partial charge in [-0.3, -0.25) is 9.59 Å².